The monoisotopic (exact) mass is 344 g/mol. The quantitative estimate of drug-likeness (QED) is 0.861. The Morgan fingerprint density at radius 1 is 1.36 bits per heavy atom. The van der Waals surface area contributed by atoms with Crippen LogP contribution in [0.3, 0.4) is 0 Å². The predicted octanol–water partition coefficient (Wildman–Crippen LogP) is 2.80. The average molecular weight is 345 g/mol. The summed E-state index contributed by atoms with van der Waals surface area (Å²) in [6.07, 6.45) is 3.27. The average Bonchev–Trinajstić information content (AvgIpc) is 3.10. The number of hydrogen-bond donors (Lipinski definition) is 1. The van der Waals surface area contributed by atoms with Gasteiger partial charge in [-0.1, -0.05) is 26.7 Å². The van der Waals surface area contributed by atoms with Crippen LogP contribution in [0.15, 0.2) is 5.38 Å². The van der Waals surface area contributed by atoms with Gasteiger partial charge in [0.05, 0.1) is 22.0 Å². The van der Waals surface area contributed by atoms with Gasteiger partial charge in [-0.05, 0) is 19.8 Å². The minimum Gasteiger partial charge on any atom is -0.347 e. The van der Waals surface area contributed by atoms with Gasteiger partial charge >= 0.3 is 0 Å². The van der Waals surface area contributed by atoms with Gasteiger partial charge in [-0.2, -0.15) is 0 Å². The normalized spacial score (nSPS) is 17.8. The van der Waals surface area contributed by atoms with Crippen molar-refractivity contribution in [1.82, 2.24) is 10.3 Å². The molecule has 1 aromatic rings. The minimum absolute atomic E-state index is 0.268. The molecule has 22 heavy (non-hydrogen) atoms. The van der Waals surface area contributed by atoms with E-state index in [9.17, 15) is 13.2 Å². The number of hydrogen-bond acceptors (Lipinski definition) is 5. The van der Waals surface area contributed by atoms with E-state index in [1.54, 1.807) is 11.3 Å². The third kappa shape index (κ3) is 4.29. The molecule has 5 nitrogen and oxygen atoms in total. The molecule has 1 heterocycles. The molecular formula is C15H24N2O3S2. The van der Waals surface area contributed by atoms with Crippen molar-refractivity contribution in [1.29, 1.82) is 0 Å². The third-order valence-corrected chi connectivity index (χ3v) is 7.31. The molecule has 0 unspecified atom stereocenters. The first-order valence-electron chi connectivity index (χ1n) is 7.76. The Bertz CT molecular complexity index is 616. The number of carbonyl (C=O) groups is 1. The molecule has 2 rings (SSSR count). The molecule has 0 bridgehead atoms. The molecular weight excluding hydrogens is 320 g/mol. The van der Waals surface area contributed by atoms with Crippen molar-refractivity contribution < 1.29 is 13.2 Å². The summed E-state index contributed by atoms with van der Waals surface area (Å²) in [5.74, 6) is -0.494. The molecule has 0 spiro atoms. The molecule has 1 N–H and O–H groups in total. The number of sulfone groups is 1. The van der Waals surface area contributed by atoms with E-state index in [0.717, 1.165) is 23.5 Å². The maximum atomic E-state index is 12.2. The Kier molecular flexibility index (Phi) is 5.60. The molecule has 0 saturated heterocycles. The van der Waals surface area contributed by atoms with Gasteiger partial charge in [0.15, 0.2) is 9.84 Å². The lowest BCUT2D eigenvalue weighted by atomic mass is 10.2. The van der Waals surface area contributed by atoms with Gasteiger partial charge in [0, 0.05) is 11.3 Å². The predicted molar refractivity (Wildman–Crippen MR) is 88.8 cm³/mol. The van der Waals surface area contributed by atoms with Gasteiger partial charge in [0.25, 0.3) is 0 Å². The van der Waals surface area contributed by atoms with Gasteiger partial charge in [-0.25, -0.2) is 13.4 Å². The summed E-state index contributed by atoms with van der Waals surface area (Å²) >= 11 is 1.57. The number of thiazole rings is 1. The second kappa shape index (κ2) is 7.08. The second-order valence-electron chi connectivity index (χ2n) is 6.27. The fourth-order valence-electron chi connectivity index (χ4n) is 2.67. The first-order chi connectivity index (χ1) is 10.3. The zero-order chi connectivity index (χ0) is 16.3. The van der Waals surface area contributed by atoms with Gasteiger partial charge in [0.1, 0.15) is 5.75 Å². The van der Waals surface area contributed by atoms with Crippen LogP contribution in [0.5, 0.6) is 0 Å². The molecule has 1 aromatic heterocycles. The third-order valence-electron chi connectivity index (χ3n) is 4.00. The molecule has 0 radical (unpaired) electrons. The number of nitrogens with zero attached hydrogens (tertiary/aromatic N) is 1. The van der Waals surface area contributed by atoms with E-state index in [1.807, 2.05) is 12.3 Å². The van der Waals surface area contributed by atoms with Crippen molar-refractivity contribution in [2.24, 2.45) is 0 Å². The molecule has 1 saturated carbocycles. The van der Waals surface area contributed by atoms with Crippen LogP contribution < -0.4 is 5.32 Å². The van der Waals surface area contributed by atoms with Gasteiger partial charge < -0.3 is 5.32 Å². The molecule has 1 fully saturated rings. The topological polar surface area (TPSA) is 76.1 Å². The van der Waals surface area contributed by atoms with Gasteiger partial charge in [-0.15, -0.1) is 11.3 Å². The summed E-state index contributed by atoms with van der Waals surface area (Å²) in [5, 5.41) is 5.37. The molecule has 1 aliphatic rings. The fourth-order valence-corrected chi connectivity index (χ4v) is 5.33. The summed E-state index contributed by atoms with van der Waals surface area (Å²) in [6.45, 7) is 5.97. The van der Waals surface area contributed by atoms with Crippen LogP contribution in [-0.2, 0) is 14.6 Å². The van der Waals surface area contributed by atoms with Gasteiger partial charge in [0.2, 0.25) is 5.91 Å². The van der Waals surface area contributed by atoms with Crippen molar-refractivity contribution >= 4 is 27.1 Å². The Hall–Kier alpha value is -0.950. The second-order valence-corrected chi connectivity index (χ2v) is 9.44. The van der Waals surface area contributed by atoms with Crippen LogP contribution in [-0.4, -0.2) is 30.3 Å². The molecule has 0 aromatic carbocycles. The first kappa shape index (κ1) is 17.4. The molecule has 1 atom stereocenters. The number of rotatable bonds is 6. The van der Waals surface area contributed by atoms with Gasteiger partial charge in [-0.3, -0.25) is 4.79 Å². The maximum absolute atomic E-state index is 12.2. The summed E-state index contributed by atoms with van der Waals surface area (Å²) in [4.78, 5) is 16.5. The summed E-state index contributed by atoms with van der Waals surface area (Å²) in [5.41, 5.74) is 0.792. The largest absolute Gasteiger partial charge is 0.347 e. The highest BCUT2D eigenvalue weighted by Crippen LogP contribution is 2.25. The lowest BCUT2D eigenvalue weighted by Gasteiger charge is -2.14. The van der Waals surface area contributed by atoms with Crippen LogP contribution >= 0.6 is 11.3 Å². The lowest BCUT2D eigenvalue weighted by molar-refractivity contribution is -0.119. The number of carbonyl (C=O) groups excluding carboxylic acids is 1. The van der Waals surface area contributed by atoms with Crippen LogP contribution in [0.4, 0.5) is 0 Å². The Morgan fingerprint density at radius 3 is 2.55 bits per heavy atom. The van der Waals surface area contributed by atoms with Crippen molar-refractivity contribution in [2.75, 3.05) is 5.75 Å². The minimum atomic E-state index is -3.33. The van der Waals surface area contributed by atoms with E-state index in [1.165, 1.54) is 0 Å². The SMILES string of the molecule is CC(C)c1nc([C@H](C)NC(=O)CS(=O)(=O)C2CCCC2)cs1. The maximum Gasteiger partial charge on any atom is 0.235 e. The summed E-state index contributed by atoms with van der Waals surface area (Å²) in [7, 11) is -3.33. The van der Waals surface area contributed by atoms with Crippen LogP contribution in [0, 0.1) is 0 Å². The first-order valence-corrected chi connectivity index (χ1v) is 10.4. The Balaban J connectivity index is 1.93. The molecule has 7 heteroatoms. The summed E-state index contributed by atoms with van der Waals surface area (Å²) in [6, 6.07) is -0.268. The zero-order valence-corrected chi connectivity index (χ0v) is 15.0. The van der Waals surface area contributed by atoms with Crippen molar-refractivity contribution in [3.8, 4) is 0 Å². The van der Waals surface area contributed by atoms with Crippen molar-refractivity contribution in [3.05, 3.63) is 16.1 Å². The number of nitrogens with one attached hydrogen (secondary N) is 1. The Labute approximate surface area is 136 Å². The standard InChI is InChI=1S/C15H24N2O3S2/c1-10(2)15-17-13(8-21-15)11(3)16-14(18)9-22(19,20)12-6-4-5-7-12/h8,10-12H,4-7,9H2,1-3H3,(H,16,18)/t11-/m0/s1. The molecule has 1 amide bonds. The zero-order valence-electron chi connectivity index (χ0n) is 13.3. The van der Waals surface area contributed by atoms with E-state index < -0.39 is 21.5 Å². The van der Waals surface area contributed by atoms with E-state index in [0.29, 0.717) is 18.8 Å². The fraction of sp³-hybridized carbons (Fsp3) is 0.733. The van der Waals surface area contributed by atoms with Crippen LogP contribution in [0.1, 0.15) is 69.1 Å². The molecule has 1 aliphatic carbocycles. The van der Waals surface area contributed by atoms with E-state index in [2.05, 4.69) is 24.1 Å². The van der Waals surface area contributed by atoms with Crippen LogP contribution in [0.2, 0.25) is 0 Å². The molecule has 0 aliphatic heterocycles. The number of amides is 1. The Morgan fingerprint density at radius 2 is 2.00 bits per heavy atom. The highest BCUT2D eigenvalue weighted by Gasteiger charge is 2.31. The molecule has 124 valence electrons. The highest BCUT2D eigenvalue weighted by atomic mass is 32.2. The lowest BCUT2D eigenvalue weighted by Crippen LogP contribution is -2.35. The smallest absolute Gasteiger partial charge is 0.235 e. The highest BCUT2D eigenvalue weighted by molar-refractivity contribution is 7.92. The summed E-state index contributed by atoms with van der Waals surface area (Å²) < 4.78 is 24.4. The van der Waals surface area contributed by atoms with Crippen LogP contribution in [0.25, 0.3) is 0 Å². The van der Waals surface area contributed by atoms with E-state index >= 15 is 0 Å². The number of aromatic nitrogens is 1. The van der Waals surface area contributed by atoms with E-state index in [-0.39, 0.29) is 11.3 Å². The van der Waals surface area contributed by atoms with E-state index in [4.69, 9.17) is 0 Å². The van der Waals surface area contributed by atoms with Crippen molar-refractivity contribution in [3.63, 3.8) is 0 Å². The van der Waals surface area contributed by atoms with Crippen molar-refractivity contribution in [2.45, 2.75) is 63.7 Å².